The van der Waals surface area contributed by atoms with Gasteiger partial charge < -0.3 is 11.1 Å². The van der Waals surface area contributed by atoms with Gasteiger partial charge in [-0.25, -0.2) is 4.39 Å². The third-order valence-corrected chi connectivity index (χ3v) is 3.19. The van der Waals surface area contributed by atoms with Crippen LogP contribution < -0.4 is 11.1 Å². The highest BCUT2D eigenvalue weighted by molar-refractivity contribution is 7.80. The molecule has 0 saturated heterocycles. The van der Waals surface area contributed by atoms with Gasteiger partial charge in [0.2, 0.25) is 5.91 Å². The average molecular weight is 302 g/mol. The number of amides is 1. The normalized spacial score (nSPS) is 10.2. The molecule has 2 aromatic carbocycles. The summed E-state index contributed by atoms with van der Waals surface area (Å²) >= 11 is 4.87. The largest absolute Gasteiger partial charge is 0.389 e. The monoisotopic (exact) mass is 302 g/mol. The van der Waals surface area contributed by atoms with Gasteiger partial charge in [-0.1, -0.05) is 42.0 Å². The Kier molecular flexibility index (Phi) is 4.65. The van der Waals surface area contributed by atoms with Crippen LogP contribution in [-0.2, 0) is 11.2 Å². The highest BCUT2D eigenvalue weighted by atomic mass is 32.1. The van der Waals surface area contributed by atoms with E-state index in [0.29, 0.717) is 11.3 Å². The minimum atomic E-state index is -0.450. The predicted octanol–water partition coefficient (Wildman–Crippen LogP) is 2.95. The summed E-state index contributed by atoms with van der Waals surface area (Å²) in [5.41, 5.74) is 8.28. The van der Waals surface area contributed by atoms with Gasteiger partial charge in [-0.3, -0.25) is 4.79 Å². The molecule has 0 radical (unpaired) electrons. The summed E-state index contributed by atoms with van der Waals surface area (Å²) in [6.07, 6.45) is 0.232. The Balaban J connectivity index is 2.15. The fraction of sp³-hybridized carbons (Fsp3) is 0.125. The molecule has 0 fully saturated rings. The molecule has 1 amide bonds. The van der Waals surface area contributed by atoms with E-state index in [1.165, 1.54) is 18.2 Å². The molecule has 2 aromatic rings. The summed E-state index contributed by atoms with van der Waals surface area (Å²) in [5, 5.41) is 2.71. The smallest absolute Gasteiger partial charge is 0.228 e. The first-order valence-electron chi connectivity index (χ1n) is 6.40. The van der Waals surface area contributed by atoms with E-state index in [1.807, 2.05) is 31.2 Å². The third kappa shape index (κ3) is 4.10. The van der Waals surface area contributed by atoms with Crippen LogP contribution in [0.3, 0.4) is 0 Å². The lowest BCUT2D eigenvalue weighted by Gasteiger charge is -2.10. The quantitative estimate of drug-likeness (QED) is 0.854. The Morgan fingerprint density at radius 3 is 2.71 bits per heavy atom. The number of halogens is 1. The van der Waals surface area contributed by atoms with E-state index < -0.39 is 5.82 Å². The maximum absolute atomic E-state index is 13.2. The van der Waals surface area contributed by atoms with E-state index in [9.17, 15) is 9.18 Å². The number of aryl methyl sites for hydroxylation is 1. The highest BCUT2D eigenvalue weighted by Gasteiger charge is 2.10. The molecular weight excluding hydrogens is 287 g/mol. The van der Waals surface area contributed by atoms with Gasteiger partial charge in [0.25, 0.3) is 0 Å². The number of rotatable bonds is 4. The number of anilines is 1. The lowest BCUT2D eigenvalue weighted by molar-refractivity contribution is -0.115. The number of carbonyl (C=O) groups is 1. The van der Waals surface area contributed by atoms with Crippen LogP contribution in [0.2, 0.25) is 0 Å². The van der Waals surface area contributed by atoms with Crippen LogP contribution in [0.4, 0.5) is 10.1 Å². The van der Waals surface area contributed by atoms with E-state index in [0.717, 1.165) is 11.1 Å². The van der Waals surface area contributed by atoms with Crippen molar-refractivity contribution in [2.45, 2.75) is 13.3 Å². The number of benzene rings is 2. The van der Waals surface area contributed by atoms with Crippen LogP contribution in [0, 0.1) is 12.7 Å². The SMILES string of the molecule is Cc1cccc(CC(=O)Nc2ccc(F)cc2C(N)=S)c1. The molecule has 108 valence electrons. The van der Waals surface area contributed by atoms with Gasteiger partial charge in [-0.15, -0.1) is 0 Å². The van der Waals surface area contributed by atoms with Gasteiger partial charge in [0, 0.05) is 5.56 Å². The molecule has 3 N–H and O–H groups in total. The minimum absolute atomic E-state index is 0.0420. The zero-order chi connectivity index (χ0) is 15.4. The zero-order valence-electron chi connectivity index (χ0n) is 11.5. The summed E-state index contributed by atoms with van der Waals surface area (Å²) in [4.78, 5) is 12.1. The van der Waals surface area contributed by atoms with Crippen LogP contribution in [0.25, 0.3) is 0 Å². The second kappa shape index (κ2) is 6.45. The fourth-order valence-electron chi connectivity index (χ4n) is 2.03. The number of hydrogen-bond donors (Lipinski definition) is 2. The van der Waals surface area contributed by atoms with Crippen molar-refractivity contribution < 1.29 is 9.18 Å². The van der Waals surface area contributed by atoms with Crippen LogP contribution in [0.5, 0.6) is 0 Å². The molecule has 0 spiro atoms. The fourth-order valence-corrected chi connectivity index (χ4v) is 2.20. The molecule has 0 aliphatic rings. The van der Waals surface area contributed by atoms with E-state index in [1.54, 1.807) is 0 Å². The van der Waals surface area contributed by atoms with E-state index in [4.69, 9.17) is 18.0 Å². The third-order valence-electron chi connectivity index (χ3n) is 2.97. The summed E-state index contributed by atoms with van der Waals surface area (Å²) < 4.78 is 13.2. The topological polar surface area (TPSA) is 55.1 Å². The van der Waals surface area contributed by atoms with Gasteiger partial charge in [0.1, 0.15) is 10.8 Å². The van der Waals surface area contributed by atoms with E-state index in [-0.39, 0.29) is 17.3 Å². The second-order valence-electron chi connectivity index (χ2n) is 4.77. The van der Waals surface area contributed by atoms with Gasteiger partial charge in [0.15, 0.2) is 0 Å². The molecule has 0 bridgehead atoms. The number of carbonyl (C=O) groups excluding carboxylic acids is 1. The van der Waals surface area contributed by atoms with Crippen molar-refractivity contribution in [3.05, 3.63) is 65.0 Å². The van der Waals surface area contributed by atoms with Gasteiger partial charge in [-0.2, -0.15) is 0 Å². The summed E-state index contributed by atoms with van der Waals surface area (Å²) in [7, 11) is 0. The van der Waals surface area contributed by atoms with Gasteiger partial charge >= 0.3 is 0 Å². The van der Waals surface area contributed by atoms with E-state index >= 15 is 0 Å². The molecule has 0 heterocycles. The Hall–Kier alpha value is -2.27. The number of hydrogen-bond acceptors (Lipinski definition) is 2. The van der Waals surface area contributed by atoms with Crippen molar-refractivity contribution in [3.8, 4) is 0 Å². The van der Waals surface area contributed by atoms with Crippen LogP contribution in [0.1, 0.15) is 16.7 Å². The Labute approximate surface area is 128 Å². The van der Waals surface area contributed by atoms with Crippen molar-refractivity contribution >= 4 is 28.8 Å². The lowest BCUT2D eigenvalue weighted by atomic mass is 10.1. The van der Waals surface area contributed by atoms with Crippen LogP contribution in [-0.4, -0.2) is 10.9 Å². The van der Waals surface area contributed by atoms with Crippen LogP contribution in [0.15, 0.2) is 42.5 Å². The standard InChI is InChI=1S/C16H15FN2OS/c1-10-3-2-4-11(7-10)8-15(20)19-14-6-5-12(17)9-13(14)16(18)21/h2-7,9H,8H2,1H3,(H2,18,21)(H,19,20). The average Bonchev–Trinajstić information content (AvgIpc) is 2.40. The molecule has 0 aromatic heterocycles. The molecule has 2 rings (SSSR count). The van der Waals surface area contributed by atoms with Crippen molar-refractivity contribution in [1.29, 1.82) is 0 Å². The molecule has 0 aliphatic heterocycles. The molecule has 0 unspecified atom stereocenters. The predicted molar refractivity (Wildman–Crippen MR) is 85.8 cm³/mol. The van der Waals surface area contributed by atoms with Crippen molar-refractivity contribution in [2.24, 2.45) is 5.73 Å². The number of nitrogens with two attached hydrogens (primary N) is 1. The van der Waals surface area contributed by atoms with Crippen molar-refractivity contribution in [2.75, 3.05) is 5.32 Å². The lowest BCUT2D eigenvalue weighted by Crippen LogP contribution is -2.19. The Bertz CT molecular complexity index is 700. The Morgan fingerprint density at radius 1 is 1.29 bits per heavy atom. The molecular formula is C16H15FN2OS. The van der Waals surface area contributed by atoms with Crippen LogP contribution >= 0.6 is 12.2 Å². The summed E-state index contributed by atoms with van der Waals surface area (Å²) in [6, 6.07) is 11.6. The summed E-state index contributed by atoms with van der Waals surface area (Å²) in [6.45, 7) is 1.96. The number of thiocarbonyl (C=S) groups is 1. The van der Waals surface area contributed by atoms with Gasteiger partial charge in [0.05, 0.1) is 12.1 Å². The van der Waals surface area contributed by atoms with Crippen molar-refractivity contribution in [1.82, 2.24) is 0 Å². The Morgan fingerprint density at radius 2 is 2.05 bits per heavy atom. The summed E-state index contributed by atoms with van der Waals surface area (Å²) in [5.74, 6) is -0.654. The molecule has 0 atom stereocenters. The molecule has 3 nitrogen and oxygen atoms in total. The first kappa shape index (κ1) is 15.1. The zero-order valence-corrected chi connectivity index (χ0v) is 12.3. The first-order valence-corrected chi connectivity index (χ1v) is 6.81. The highest BCUT2D eigenvalue weighted by Crippen LogP contribution is 2.17. The van der Waals surface area contributed by atoms with Crippen molar-refractivity contribution in [3.63, 3.8) is 0 Å². The second-order valence-corrected chi connectivity index (χ2v) is 5.21. The maximum atomic E-state index is 13.2. The maximum Gasteiger partial charge on any atom is 0.228 e. The number of nitrogens with one attached hydrogen (secondary N) is 1. The molecule has 5 heteroatoms. The minimum Gasteiger partial charge on any atom is -0.389 e. The first-order chi connectivity index (χ1) is 9.95. The molecule has 0 aliphatic carbocycles. The molecule has 0 saturated carbocycles. The van der Waals surface area contributed by atoms with E-state index in [2.05, 4.69) is 5.32 Å². The molecule has 21 heavy (non-hydrogen) atoms. The van der Waals surface area contributed by atoms with Gasteiger partial charge in [-0.05, 0) is 30.7 Å².